The Morgan fingerprint density at radius 3 is 2.20 bits per heavy atom. The topological polar surface area (TPSA) is 84.9 Å². The molecule has 2 atom stereocenters. The average Bonchev–Trinajstić information content (AvgIpc) is 3.60. The highest BCUT2D eigenvalue weighted by Crippen LogP contribution is 2.47. The van der Waals surface area contributed by atoms with Crippen LogP contribution in [0.15, 0.2) is 48.5 Å². The molecule has 7 nitrogen and oxygen atoms in total. The number of rotatable bonds is 5. The average molecular weight is 563 g/mol. The van der Waals surface area contributed by atoms with Crippen molar-refractivity contribution in [2.45, 2.75) is 80.6 Å². The molecule has 2 aliphatic heterocycles. The summed E-state index contributed by atoms with van der Waals surface area (Å²) < 4.78 is 0. The molecule has 40 heavy (non-hydrogen) atoms. The summed E-state index contributed by atoms with van der Waals surface area (Å²) in [6.07, 6.45) is 10.5. The first kappa shape index (κ1) is 27.8. The van der Waals surface area contributed by atoms with Gasteiger partial charge in [-0.3, -0.25) is 9.59 Å². The van der Waals surface area contributed by atoms with Gasteiger partial charge in [0, 0.05) is 31.7 Å². The number of benzene rings is 2. The minimum atomic E-state index is -1.14. The third-order valence-corrected chi connectivity index (χ3v) is 10.9. The van der Waals surface area contributed by atoms with Gasteiger partial charge in [0.25, 0.3) is 11.8 Å². The number of aliphatic hydroxyl groups is 1. The molecule has 3 N–H and O–H groups in total. The van der Waals surface area contributed by atoms with E-state index in [1.165, 1.54) is 50.5 Å². The third-order valence-electron chi connectivity index (χ3n) is 9.33. The normalized spacial score (nSPS) is 27.2. The first-order valence-corrected chi connectivity index (χ1v) is 15.9. The van der Waals surface area contributed by atoms with E-state index in [1.54, 1.807) is 9.80 Å². The Kier molecular flexibility index (Phi) is 7.96. The van der Waals surface area contributed by atoms with Gasteiger partial charge in [-0.25, -0.2) is 10.9 Å². The summed E-state index contributed by atoms with van der Waals surface area (Å²) in [4.78, 5) is 29.1. The summed E-state index contributed by atoms with van der Waals surface area (Å²) in [7, 11) is 0. The largest absolute Gasteiger partial charge is 0.380 e. The van der Waals surface area contributed by atoms with Crippen LogP contribution in [0.4, 0.5) is 0 Å². The standard InChI is InChI=1S/C32H42N4O3S/c1-31(27-10-5-3-2-4-6-11-27)34-33-28(40-31)26-9-7-8-25(22-26)23-12-14-24(15-13-23)29(37)35-18-20-36(21-19-35)30(38)32(39)16-17-32/h7-9,12-15,22,27-28,33-34,39H,2-6,10-11,16-21H2,1H3. The van der Waals surface area contributed by atoms with Gasteiger partial charge in [-0.05, 0) is 73.4 Å². The molecule has 2 heterocycles. The second-order valence-electron chi connectivity index (χ2n) is 12.2. The summed E-state index contributed by atoms with van der Waals surface area (Å²) in [6.45, 7) is 4.29. The molecule has 214 valence electrons. The molecular weight excluding hydrogens is 520 g/mol. The minimum absolute atomic E-state index is 0.0105. The second-order valence-corrected chi connectivity index (χ2v) is 13.8. The van der Waals surface area contributed by atoms with E-state index in [1.807, 2.05) is 36.0 Å². The molecule has 2 saturated heterocycles. The van der Waals surface area contributed by atoms with Crippen molar-refractivity contribution >= 4 is 23.6 Å². The van der Waals surface area contributed by atoms with E-state index in [9.17, 15) is 14.7 Å². The van der Waals surface area contributed by atoms with Gasteiger partial charge in [0.2, 0.25) is 0 Å². The van der Waals surface area contributed by atoms with E-state index in [0.29, 0.717) is 50.5 Å². The van der Waals surface area contributed by atoms with Crippen molar-refractivity contribution in [1.29, 1.82) is 0 Å². The molecule has 2 amide bonds. The molecule has 2 aromatic carbocycles. The molecular formula is C32H42N4O3S. The molecule has 8 heteroatoms. The predicted molar refractivity (Wildman–Crippen MR) is 159 cm³/mol. The Morgan fingerprint density at radius 2 is 1.52 bits per heavy atom. The lowest BCUT2D eigenvalue weighted by Gasteiger charge is -2.35. The van der Waals surface area contributed by atoms with Crippen LogP contribution in [0, 0.1) is 5.92 Å². The molecule has 4 fully saturated rings. The van der Waals surface area contributed by atoms with Crippen molar-refractivity contribution < 1.29 is 14.7 Å². The van der Waals surface area contributed by atoms with Gasteiger partial charge in [0.1, 0.15) is 5.60 Å². The summed E-state index contributed by atoms with van der Waals surface area (Å²) in [6, 6.07) is 16.6. The Hall–Kier alpha value is -2.39. The lowest BCUT2D eigenvalue weighted by Crippen LogP contribution is -2.53. The number of piperazine rings is 1. The van der Waals surface area contributed by atoms with Gasteiger partial charge in [-0.1, -0.05) is 62.4 Å². The molecule has 0 spiro atoms. The van der Waals surface area contributed by atoms with E-state index < -0.39 is 5.60 Å². The van der Waals surface area contributed by atoms with E-state index in [2.05, 4.69) is 42.0 Å². The van der Waals surface area contributed by atoms with Gasteiger partial charge in [0.15, 0.2) is 0 Å². The van der Waals surface area contributed by atoms with Gasteiger partial charge < -0.3 is 14.9 Å². The number of amides is 2. The molecule has 0 aromatic heterocycles. The molecule has 2 aromatic rings. The molecule has 2 aliphatic carbocycles. The van der Waals surface area contributed by atoms with Crippen LogP contribution in [0.25, 0.3) is 11.1 Å². The molecule has 0 bridgehead atoms. The molecule has 2 saturated carbocycles. The van der Waals surface area contributed by atoms with Crippen molar-refractivity contribution in [2.24, 2.45) is 5.92 Å². The fraction of sp³-hybridized carbons (Fsp3) is 0.562. The Balaban J connectivity index is 1.07. The third kappa shape index (κ3) is 5.82. The number of nitrogens with one attached hydrogen (secondary N) is 2. The predicted octanol–water partition coefficient (Wildman–Crippen LogP) is 5.08. The quantitative estimate of drug-likeness (QED) is 0.472. The SMILES string of the molecule is CC1(C2CCCCCCC2)NNC(c2cccc(-c3ccc(C(=O)N4CCN(C(=O)C5(O)CC5)CC4)cc3)c2)S1. The fourth-order valence-corrected chi connectivity index (χ4v) is 7.91. The molecule has 4 aliphatic rings. The monoisotopic (exact) mass is 562 g/mol. The molecule has 6 rings (SSSR count). The second kappa shape index (κ2) is 11.5. The highest BCUT2D eigenvalue weighted by atomic mass is 32.2. The van der Waals surface area contributed by atoms with Crippen LogP contribution >= 0.6 is 11.8 Å². The summed E-state index contributed by atoms with van der Waals surface area (Å²) in [5.41, 5.74) is 10.3. The zero-order valence-electron chi connectivity index (χ0n) is 23.5. The summed E-state index contributed by atoms with van der Waals surface area (Å²) in [5.74, 6) is 0.484. The number of hydrogen-bond acceptors (Lipinski definition) is 6. The Morgan fingerprint density at radius 1 is 0.875 bits per heavy atom. The molecule has 0 radical (unpaired) electrons. The van der Waals surface area contributed by atoms with E-state index in [4.69, 9.17) is 0 Å². The van der Waals surface area contributed by atoms with Gasteiger partial charge in [0.05, 0.1) is 10.2 Å². The van der Waals surface area contributed by atoms with Crippen LogP contribution in [0.3, 0.4) is 0 Å². The van der Waals surface area contributed by atoms with Crippen LogP contribution < -0.4 is 10.9 Å². The van der Waals surface area contributed by atoms with Crippen LogP contribution in [0.2, 0.25) is 0 Å². The molecule has 2 unspecified atom stereocenters. The van der Waals surface area contributed by atoms with Crippen molar-refractivity contribution in [3.8, 4) is 11.1 Å². The maximum absolute atomic E-state index is 13.1. The summed E-state index contributed by atoms with van der Waals surface area (Å²) >= 11 is 2.01. The number of nitrogens with zero attached hydrogens (tertiary/aromatic N) is 2. The lowest BCUT2D eigenvalue weighted by molar-refractivity contribution is -0.143. The minimum Gasteiger partial charge on any atom is -0.380 e. The van der Waals surface area contributed by atoms with E-state index >= 15 is 0 Å². The number of carbonyl (C=O) groups excluding carboxylic acids is 2. The number of thioether (sulfide) groups is 1. The highest BCUT2D eigenvalue weighted by Gasteiger charge is 2.50. The van der Waals surface area contributed by atoms with Crippen molar-refractivity contribution in [1.82, 2.24) is 20.7 Å². The maximum atomic E-state index is 13.1. The number of carbonyl (C=O) groups is 2. The summed E-state index contributed by atoms with van der Waals surface area (Å²) in [5, 5.41) is 10.3. The van der Waals surface area contributed by atoms with Gasteiger partial charge in [-0.15, -0.1) is 11.8 Å². The van der Waals surface area contributed by atoms with Crippen LogP contribution in [-0.2, 0) is 4.79 Å². The Labute approximate surface area is 242 Å². The van der Waals surface area contributed by atoms with Gasteiger partial charge in [-0.2, -0.15) is 0 Å². The number of hydrogen-bond donors (Lipinski definition) is 3. The van der Waals surface area contributed by atoms with Crippen LogP contribution in [0.5, 0.6) is 0 Å². The van der Waals surface area contributed by atoms with Crippen molar-refractivity contribution in [3.63, 3.8) is 0 Å². The number of hydrazine groups is 1. The highest BCUT2D eigenvalue weighted by molar-refractivity contribution is 8.01. The van der Waals surface area contributed by atoms with Crippen LogP contribution in [-0.4, -0.2) is 63.4 Å². The van der Waals surface area contributed by atoms with E-state index in [0.717, 1.165) is 11.1 Å². The fourth-order valence-electron chi connectivity index (χ4n) is 6.48. The van der Waals surface area contributed by atoms with E-state index in [-0.39, 0.29) is 22.1 Å². The first-order chi connectivity index (χ1) is 19.3. The first-order valence-electron chi connectivity index (χ1n) is 15.1. The zero-order valence-corrected chi connectivity index (χ0v) is 24.3. The van der Waals surface area contributed by atoms with Gasteiger partial charge >= 0.3 is 0 Å². The van der Waals surface area contributed by atoms with Crippen molar-refractivity contribution in [2.75, 3.05) is 26.2 Å². The smallest absolute Gasteiger partial charge is 0.254 e. The lowest BCUT2D eigenvalue weighted by atomic mass is 9.86. The zero-order chi connectivity index (χ0) is 27.7. The maximum Gasteiger partial charge on any atom is 0.254 e. The van der Waals surface area contributed by atoms with Crippen LogP contribution in [0.1, 0.15) is 86.0 Å². The Bertz CT molecular complexity index is 1220. The van der Waals surface area contributed by atoms with Crippen molar-refractivity contribution in [3.05, 3.63) is 59.7 Å².